The third-order valence-electron chi connectivity index (χ3n) is 3.36. The average molecular weight is 405 g/mol. The number of nitrogens with one attached hydrogen (secondary N) is 3. The summed E-state index contributed by atoms with van der Waals surface area (Å²) < 4.78 is 0.869. The predicted molar refractivity (Wildman–Crippen MR) is 98.3 cm³/mol. The van der Waals surface area contributed by atoms with Crippen molar-refractivity contribution in [3.63, 3.8) is 0 Å². The normalized spacial score (nSPS) is 10.7. The second-order valence-corrected chi connectivity index (χ2v) is 7.20. The Morgan fingerprint density at radius 1 is 1.29 bits per heavy atom. The number of amides is 1. The summed E-state index contributed by atoms with van der Waals surface area (Å²) in [6.45, 7) is 0.621. The van der Waals surface area contributed by atoms with Gasteiger partial charge in [-0.15, -0.1) is 0 Å². The van der Waals surface area contributed by atoms with Gasteiger partial charge in [0.2, 0.25) is 0 Å². The SMILES string of the molecule is O=C(NCCCc1cnc(Sc2ccccc2)[nH]1)c1cc(Br)c[nH]1. The van der Waals surface area contributed by atoms with Crippen molar-refractivity contribution in [2.45, 2.75) is 22.9 Å². The van der Waals surface area contributed by atoms with Crippen LogP contribution in [0.3, 0.4) is 0 Å². The van der Waals surface area contributed by atoms with Gasteiger partial charge < -0.3 is 15.3 Å². The Labute approximate surface area is 152 Å². The minimum Gasteiger partial charge on any atom is -0.356 e. The van der Waals surface area contributed by atoms with E-state index in [-0.39, 0.29) is 5.91 Å². The van der Waals surface area contributed by atoms with E-state index in [4.69, 9.17) is 0 Å². The Bertz CT molecular complexity index is 800. The molecule has 3 N–H and O–H groups in total. The van der Waals surface area contributed by atoms with Gasteiger partial charge in [-0.1, -0.05) is 30.0 Å². The van der Waals surface area contributed by atoms with E-state index in [9.17, 15) is 4.79 Å². The first-order valence-corrected chi connectivity index (χ1v) is 9.20. The molecule has 3 aromatic rings. The Balaban J connectivity index is 1.42. The number of aromatic amines is 2. The molecule has 1 amide bonds. The van der Waals surface area contributed by atoms with Crippen LogP contribution >= 0.6 is 27.7 Å². The lowest BCUT2D eigenvalue weighted by atomic mass is 10.2. The van der Waals surface area contributed by atoms with E-state index < -0.39 is 0 Å². The highest BCUT2D eigenvalue weighted by Crippen LogP contribution is 2.24. The first-order chi connectivity index (χ1) is 11.7. The average Bonchev–Trinajstić information content (AvgIpc) is 3.21. The van der Waals surface area contributed by atoms with E-state index >= 15 is 0 Å². The second-order valence-electron chi connectivity index (χ2n) is 5.22. The number of nitrogens with zero attached hydrogens (tertiary/aromatic N) is 1. The molecule has 0 unspecified atom stereocenters. The van der Waals surface area contributed by atoms with Crippen LogP contribution in [-0.2, 0) is 6.42 Å². The number of imidazole rings is 1. The van der Waals surface area contributed by atoms with Crippen LogP contribution in [0.5, 0.6) is 0 Å². The molecule has 1 aromatic carbocycles. The number of hydrogen-bond acceptors (Lipinski definition) is 3. The van der Waals surface area contributed by atoms with Crippen molar-refractivity contribution < 1.29 is 4.79 Å². The zero-order valence-corrected chi connectivity index (χ0v) is 15.3. The Morgan fingerprint density at radius 3 is 2.88 bits per heavy atom. The van der Waals surface area contributed by atoms with Gasteiger partial charge in [-0.05, 0) is 47.0 Å². The first kappa shape index (κ1) is 16.9. The summed E-state index contributed by atoms with van der Waals surface area (Å²) >= 11 is 4.92. The van der Waals surface area contributed by atoms with Crippen molar-refractivity contribution in [1.82, 2.24) is 20.3 Å². The monoisotopic (exact) mass is 404 g/mol. The molecule has 7 heteroatoms. The molecule has 0 aliphatic carbocycles. The molecule has 0 atom stereocenters. The molecule has 5 nitrogen and oxygen atoms in total. The third kappa shape index (κ3) is 4.75. The van der Waals surface area contributed by atoms with Gasteiger partial charge in [0, 0.05) is 34.0 Å². The summed E-state index contributed by atoms with van der Waals surface area (Å²) in [5, 5.41) is 3.78. The molecule has 0 radical (unpaired) electrons. The van der Waals surface area contributed by atoms with Crippen molar-refractivity contribution in [2.24, 2.45) is 0 Å². The number of halogens is 1. The predicted octanol–water partition coefficient (Wildman–Crippen LogP) is 4.01. The summed E-state index contributed by atoms with van der Waals surface area (Å²) in [7, 11) is 0. The van der Waals surface area contributed by atoms with Crippen LogP contribution in [0.25, 0.3) is 0 Å². The lowest BCUT2D eigenvalue weighted by molar-refractivity contribution is 0.0949. The number of carbonyl (C=O) groups excluding carboxylic acids is 1. The number of benzene rings is 1. The first-order valence-electron chi connectivity index (χ1n) is 7.59. The third-order valence-corrected chi connectivity index (χ3v) is 4.73. The van der Waals surface area contributed by atoms with E-state index in [2.05, 4.69) is 48.3 Å². The highest BCUT2D eigenvalue weighted by atomic mass is 79.9. The topological polar surface area (TPSA) is 73.6 Å². The van der Waals surface area contributed by atoms with E-state index in [1.54, 1.807) is 24.0 Å². The summed E-state index contributed by atoms with van der Waals surface area (Å²) in [5.74, 6) is -0.0920. The molecule has 2 aromatic heterocycles. The Kier molecular flexibility index (Phi) is 5.77. The molecule has 0 aliphatic rings. The van der Waals surface area contributed by atoms with Crippen LogP contribution in [0.1, 0.15) is 22.6 Å². The number of H-pyrrole nitrogens is 2. The molecule has 2 heterocycles. The Morgan fingerprint density at radius 2 is 2.12 bits per heavy atom. The summed E-state index contributed by atoms with van der Waals surface area (Å²) in [5.41, 5.74) is 1.63. The number of aromatic nitrogens is 3. The molecule has 0 saturated heterocycles. The lowest BCUT2D eigenvalue weighted by Crippen LogP contribution is -2.25. The van der Waals surface area contributed by atoms with Gasteiger partial charge in [0.25, 0.3) is 5.91 Å². The smallest absolute Gasteiger partial charge is 0.267 e. The number of carbonyl (C=O) groups is 1. The molecule has 124 valence electrons. The van der Waals surface area contributed by atoms with E-state index in [1.807, 2.05) is 24.4 Å². The molecule has 0 bridgehead atoms. The van der Waals surface area contributed by atoms with E-state index in [0.717, 1.165) is 33.1 Å². The van der Waals surface area contributed by atoms with Crippen LogP contribution in [-0.4, -0.2) is 27.4 Å². The van der Waals surface area contributed by atoms with Crippen molar-refractivity contribution in [2.75, 3.05) is 6.54 Å². The van der Waals surface area contributed by atoms with Gasteiger partial charge in [0.15, 0.2) is 5.16 Å². The fourth-order valence-corrected chi connectivity index (χ4v) is 3.34. The van der Waals surface area contributed by atoms with E-state index in [0.29, 0.717) is 12.2 Å². The van der Waals surface area contributed by atoms with Crippen molar-refractivity contribution >= 4 is 33.6 Å². The molecular formula is C17H17BrN4OS. The van der Waals surface area contributed by atoms with Crippen LogP contribution in [0.4, 0.5) is 0 Å². The summed E-state index contributed by atoms with van der Waals surface area (Å²) in [4.78, 5) is 23.7. The fourth-order valence-electron chi connectivity index (χ4n) is 2.19. The lowest BCUT2D eigenvalue weighted by Gasteiger charge is -2.02. The number of rotatable bonds is 7. The van der Waals surface area contributed by atoms with Gasteiger partial charge in [0.1, 0.15) is 5.69 Å². The molecule has 0 aliphatic heterocycles. The van der Waals surface area contributed by atoms with Gasteiger partial charge in [-0.2, -0.15) is 0 Å². The summed E-state index contributed by atoms with van der Waals surface area (Å²) in [6, 6.07) is 11.9. The highest BCUT2D eigenvalue weighted by molar-refractivity contribution is 9.10. The molecule has 3 rings (SSSR count). The van der Waals surface area contributed by atoms with Crippen LogP contribution < -0.4 is 5.32 Å². The van der Waals surface area contributed by atoms with Crippen molar-refractivity contribution in [3.8, 4) is 0 Å². The zero-order valence-electron chi connectivity index (χ0n) is 12.9. The van der Waals surface area contributed by atoms with Gasteiger partial charge >= 0.3 is 0 Å². The number of hydrogen-bond donors (Lipinski definition) is 3. The minimum absolute atomic E-state index is 0.0920. The quantitative estimate of drug-likeness (QED) is 0.520. The molecule has 24 heavy (non-hydrogen) atoms. The minimum atomic E-state index is -0.0920. The maximum Gasteiger partial charge on any atom is 0.267 e. The highest BCUT2D eigenvalue weighted by Gasteiger charge is 2.07. The van der Waals surface area contributed by atoms with E-state index in [1.165, 1.54) is 0 Å². The number of aryl methyl sites for hydroxylation is 1. The zero-order chi connectivity index (χ0) is 16.8. The van der Waals surface area contributed by atoms with Gasteiger partial charge in [-0.3, -0.25) is 4.79 Å². The van der Waals surface area contributed by atoms with Crippen LogP contribution in [0.15, 0.2) is 63.3 Å². The Hall–Kier alpha value is -1.99. The maximum atomic E-state index is 11.9. The molecule has 0 spiro atoms. The molecule has 0 fully saturated rings. The van der Waals surface area contributed by atoms with Crippen LogP contribution in [0, 0.1) is 0 Å². The maximum absolute atomic E-state index is 11.9. The van der Waals surface area contributed by atoms with Gasteiger partial charge in [0.05, 0.1) is 0 Å². The van der Waals surface area contributed by atoms with Crippen LogP contribution in [0.2, 0.25) is 0 Å². The largest absolute Gasteiger partial charge is 0.356 e. The second kappa shape index (κ2) is 8.21. The van der Waals surface area contributed by atoms with Gasteiger partial charge in [-0.25, -0.2) is 4.98 Å². The standard InChI is InChI=1S/C17H17BrN4OS/c18-12-9-15(20-10-12)16(23)19-8-4-5-13-11-21-17(22-13)24-14-6-2-1-3-7-14/h1-3,6-7,9-11,20H,4-5,8H2,(H,19,23)(H,21,22). The molecule has 0 saturated carbocycles. The molecular weight excluding hydrogens is 388 g/mol. The fraction of sp³-hybridized carbons (Fsp3) is 0.176. The van der Waals surface area contributed by atoms with Crippen molar-refractivity contribution in [1.29, 1.82) is 0 Å². The van der Waals surface area contributed by atoms with Crippen molar-refractivity contribution in [3.05, 3.63) is 64.7 Å². The summed E-state index contributed by atoms with van der Waals surface area (Å²) in [6.07, 6.45) is 5.29.